The summed E-state index contributed by atoms with van der Waals surface area (Å²) in [6.07, 6.45) is -0.431. The number of aryl methyl sites for hydroxylation is 1. The van der Waals surface area contributed by atoms with E-state index in [0.717, 1.165) is 4.90 Å². The first-order valence-corrected chi connectivity index (χ1v) is 7.23. The number of rotatable bonds is 5. The van der Waals surface area contributed by atoms with E-state index in [2.05, 4.69) is 9.97 Å². The van der Waals surface area contributed by atoms with E-state index in [-0.39, 0.29) is 11.4 Å². The van der Waals surface area contributed by atoms with E-state index in [9.17, 15) is 9.59 Å². The number of nitrogens with one attached hydrogen (secondary N) is 1. The lowest BCUT2D eigenvalue weighted by Crippen LogP contribution is -2.21. The molecule has 0 radical (unpaired) electrons. The van der Waals surface area contributed by atoms with E-state index >= 15 is 0 Å². The van der Waals surface area contributed by atoms with Crippen molar-refractivity contribution in [3.05, 3.63) is 51.6 Å². The molecule has 0 fully saturated rings. The summed E-state index contributed by atoms with van der Waals surface area (Å²) in [5.74, 6) is -0.260. The van der Waals surface area contributed by atoms with E-state index < -0.39 is 17.9 Å². The van der Waals surface area contributed by atoms with E-state index in [1.165, 1.54) is 17.3 Å². The second-order valence-corrected chi connectivity index (χ2v) is 5.60. The van der Waals surface area contributed by atoms with E-state index in [4.69, 9.17) is 10.8 Å². The largest absolute Gasteiger partial charge is 0.481 e. The molecule has 0 aliphatic carbocycles. The van der Waals surface area contributed by atoms with Crippen molar-refractivity contribution in [2.45, 2.75) is 24.0 Å². The third kappa shape index (κ3) is 4.09. The first-order chi connectivity index (χ1) is 9.95. The highest BCUT2D eigenvalue weighted by molar-refractivity contribution is 7.98. The summed E-state index contributed by atoms with van der Waals surface area (Å²) < 4.78 is 0. The van der Waals surface area contributed by atoms with Crippen molar-refractivity contribution in [3.8, 4) is 0 Å². The number of carboxylic acid groups (broad SMARTS) is 1. The lowest BCUT2D eigenvalue weighted by Gasteiger charge is -2.06. The molecule has 0 unspecified atom stereocenters. The van der Waals surface area contributed by atoms with Crippen LogP contribution >= 0.6 is 11.8 Å². The molecule has 0 amide bonds. The standard InChI is InChI=1S/C14H15N3O3S/c1-8-2-4-9(5-3-8)21-7-11-16-13(15)10(6-12(18)19)14(20)17-11/h2-5H,6-7H2,1H3,(H,18,19)(H3,15,16,17,20). The maximum atomic E-state index is 11.8. The SMILES string of the molecule is Cc1ccc(SCc2nc(N)c(CC(=O)O)c(=O)[nH]2)cc1. The maximum Gasteiger partial charge on any atom is 0.308 e. The van der Waals surface area contributed by atoms with Gasteiger partial charge in [0.25, 0.3) is 5.56 Å². The molecule has 21 heavy (non-hydrogen) atoms. The van der Waals surface area contributed by atoms with E-state index in [1.807, 2.05) is 31.2 Å². The van der Waals surface area contributed by atoms with Crippen LogP contribution in [0.5, 0.6) is 0 Å². The highest BCUT2D eigenvalue weighted by atomic mass is 32.2. The Morgan fingerprint density at radius 1 is 1.38 bits per heavy atom. The van der Waals surface area contributed by atoms with Gasteiger partial charge in [-0.1, -0.05) is 17.7 Å². The molecular formula is C14H15N3O3S. The van der Waals surface area contributed by atoms with Crippen LogP contribution in [0.25, 0.3) is 0 Å². The second-order valence-electron chi connectivity index (χ2n) is 4.55. The highest BCUT2D eigenvalue weighted by Crippen LogP contribution is 2.21. The lowest BCUT2D eigenvalue weighted by atomic mass is 10.2. The quantitative estimate of drug-likeness (QED) is 0.724. The molecule has 0 aliphatic heterocycles. The van der Waals surface area contributed by atoms with Crippen molar-refractivity contribution in [2.24, 2.45) is 0 Å². The number of carboxylic acids is 1. The summed E-state index contributed by atoms with van der Waals surface area (Å²) in [5, 5.41) is 8.72. The van der Waals surface area contributed by atoms with Gasteiger partial charge in [0.2, 0.25) is 0 Å². The van der Waals surface area contributed by atoms with Gasteiger partial charge in [0, 0.05) is 4.90 Å². The van der Waals surface area contributed by atoms with Gasteiger partial charge in [-0.15, -0.1) is 11.8 Å². The molecule has 0 bridgehead atoms. The minimum Gasteiger partial charge on any atom is -0.481 e. The summed E-state index contributed by atoms with van der Waals surface area (Å²) in [4.78, 5) is 30.1. The summed E-state index contributed by atoms with van der Waals surface area (Å²) in [6, 6.07) is 7.98. The topological polar surface area (TPSA) is 109 Å². The van der Waals surface area contributed by atoms with Gasteiger partial charge in [0.1, 0.15) is 11.6 Å². The molecule has 4 N–H and O–H groups in total. The van der Waals surface area contributed by atoms with Gasteiger partial charge in [-0.25, -0.2) is 4.98 Å². The number of nitrogen functional groups attached to an aromatic ring is 1. The zero-order valence-corrected chi connectivity index (χ0v) is 12.2. The third-order valence-electron chi connectivity index (χ3n) is 2.82. The highest BCUT2D eigenvalue weighted by Gasteiger charge is 2.12. The van der Waals surface area contributed by atoms with Crippen LogP contribution < -0.4 is 11.3 Å². The van der Waals surface area contributed by atoms with Crippen LogP contribution in [-0.4, -0.2) is 21.0 Å². The smallest absolute Gasteiger partial charge is 0.308 e. The fourth-order valence-electron chi connectivity index (χ4n) is 1.74. The molecular weight excluding hydrogens is 290 g/mol. The molecule has 1 heterocycles. The molecule has 0 saturated heterocycles. The monoisotopic (exact) mass is 305 g/mol. The number of nitrogens with two attached hydrogens (primary N) is 1. The van der Waals surface area contributed by atoms with E-state index in [1.54, 1.807) is 0 Å². The minimum atomic E-state index is -1.12. The number of H-pyrrole nitrogens is 1. The summed E-state index contributed by atoms with van der Waals surface area (Å²) in [6.45, 7) is 2.01. The Balaban J connectivity index is 2.12. The molecule has 6 nitrogen and oxygen atoms in total. The van der Waals surface area contributed by atoms with Gasteiger partial charge in [0.05, 0.1) is 17.7 Å². The fraction of sp³-hybridized carbons (Fsp3) is 0.214. The molecule has 0 atom stereocenters. The Morgan fingerprint density at radius 2 is 2.05 bits per heavy atom. The number of nitrogens with zero attached hydrogens (tertiary/aromatic N) is 1. The van der Waals surface area contributed by atoms with Gasteiger partial charge in [-0.3, -0.25) is 9.59 Å². The van der Waals surface area contributed by atoms with Crippen molar-refractivity contribution >= 4 is 23.5 Å². The van der Waals surface area contributed by atoms with Crippen LogP contribution in [0.2, 0.25) is 0 Å². The molecule has 0 spiro atoms. The Labute approximate surface area is 125 Å². The molecule has 2 aromatic rings. The van der Waals surface area contributed by atoms with Crippen molar-refractivity contribution in [3.63, 3.8) is 0 Å². The zero-order chi connectivity index (χ0) is 15.4. The van der Waals surface area contributed by atoms with Crippen molar-refractivity contribution < 1.29 is 9.90 Å². The number of thioether (sulfide) groups is 1. The number of aromatic nitrogens is 2. The number of aromatic amines is 1. The minimum absolute atomic E-state index is 0.00779. The average Bonchev–Trinajstić information content (AvgIpc) is 2.42. The Hall–Kier alpha value is -2.28. The Bertz CT molecular complexity index is 710. The number of benzene rings is 1. The van der Waals surface area contributed by atoms with Crippen molar-refractivity contribution in [1.82, 2.24) is 9.97 Å². The first kappa shape index (κ1) is 15.1. The molecule has 110 valence electrons. The first-order valence-electron chi connectivity index (χ1n) is 6.24. The van der Waals surface area contributed by atoms with Crippen LogP contribution in [-0.2, 0) is 17.0 Å². The van der Waals surface area contributed by atoms with Gasteiger partial charge >= 0.3 is 5.97 Å². The van der Waals surface area contributed by atoms with Crippen LogP contribution in [0, 0.1) is 6.92 Å². The maximum absolute atomic E-state index is 11.8. The molecule has 0 aliphatic rings. The molecule has 7 heteroatoms. The van der Waals surface area contributed by atoms with Crippen LogP contribution in [0.1, 0.15) is 17.0 Å². The Morgan fingerprint density at radius 3 is 2.62 bits per heavy atom. The number of hydrogen-bond acceptors (Lipinski definition) is 5. The average molecular weight is 305 g/mol. The van der Waals surface area contributed by atoms with Crippen LogP contribution in [0.4, 0.5) is 5.82 Å². The van der Waals surface area contributed by atoms with Gasteiger partial charge in [-0.2, -0.15) is 0 Å². The van der Waals surface area contributed by atoms with E-state index in [0.29, 0.717) is 11.6 Å². The predicted molar refractivity (Wildman–Crippen MR) is 81.3 cm³/mol. The molecule has 1 aromatic heterocycles. The predicted octanol–water partition coefficient (Wildman–Crippen LogP) is 1.58. The van der Waals surface area contributed by atoms with Crippen LogP contribution in [0.3, 0.4) is 0 Å². The van der Waals surface area contributed by atoms with Crippen molar-refractivity contribution in [2.75, 3.05) is 5.73 Å². The van der Waals surface area contributed by atoms with Gasteiger partial charge < -0.3 is 15.8 Å². The van der Waals surface area contributed by atoms with Gasteiger partial charge in [0.15, 0.2) is 0 Å². The summed E-state index contributed by atoms with van der Waals surface area (Å²) in [7, 11) is 0. The second kappa shape index (κ2) is 6.45. The molecule has 0 saturated carbocycles. The Kier molecular flexibility index (Phi) is 4.64. The number of aliphatic carboxylic acids is 1. The summed E-state index contributed by atoms with van der Waals surface area (Å²) >= 11 is 1.51. The zero-order valence-electron chi connectivity index (χ0n) is 11.4. The number of anilines is 1. The normalized spacial score (nSPS) is 10.5. The number of hydrogen-bond donors (Lipinski definition) is 3. The van der Waals surface area contributed by atoms with Crippen molar-refractivity contribution in [1.29, 1.82) is 0 Å². The fourth-order valence-corrected chi connectivity index (χ4v) is 2.51. The molecule has 2 rings (SSSR count). The summed E-state index contributed by atoms with van der Waals surface area (Å²) in [5.41, 5.74) is 6.33. The van der Waals surface area contributed by atoms with Crippen LogP contribution in [0.15, 0.2) is 34.0 Å². The molecule has 1 aromatic carbocycles. The third-order valence-corrected chi connectivity index (χ3v) is 3.84. The van der Waals surface area contributed by atoms with Gasteiger partial charge in [-0.05, 0) is 19.1 Å². The lowest BCUT2D eigenvalue weighted by molar-refractivity contribution is -0.136. The number of carbonyl (C=O) groups is 1.